The number of benzene rings is 2. The molecule has 1 amide bonds. The van der Waals surface area contributed by atoms with E-state index in [9.17, 15) is 19.8 Å². The van der Waals surface area contributed by atoms with Crippen molar-refractivity contribution in [2.45, 2.75) is 6.92 Å². The fourth-order valence-corrected chi connectivity index (χ4v) is 3.75. The average molecular weight is 414 g/mol. The lowest BCUT2D eigenvalue weighted by atomic mass is 10.2. The van der Waals surface area contributed by atoms with Crippen LogP contribution in [0.5, 0.6) is 17.2 Å². The summed E-state index contributed by atoms with van der Waals surface area (Å²) in [5.74, 6) is -1.57. The van der Waals surface area contributed by atoms with E-state index in [1.807, 2.05) is 6.92 Å². The van der Waals surface area contributed by atoms with Gasteiger partial charge in [0.2, 0.25) is 0 Å². The molecule has 2 aromatic rings. The number of carboxylic acid groups (broad SMARTS) is 1. The van der Waals surface area contributed by atoms with Crippen LogP contribution in [0.3, 0.4) is 0 Å². The molecule has 0 saturated carbocycles. The van der Waals surface area contributed by atoms with Crippen molar-refractivity contribution < 1.29 is 29.6 Å². The molecule has 2 aromatic carbocycles. The molecule has 0 aliphatic carbocycles. The van der Waals surface area contributed by atoms with Crippen molar-refractivity contribution in [3.63, 3.8) is 0 Å². The number of phenolic OH excluding ortho intramolecular Hbond substituents is 1. The summed E-state index contributed by atoms with van der Waals surface area (Å²) in [6.07, 6.45) is 1.67. The topological polar surface area (TPSA) is 120 Å². The minimum Gasteiger partial charge on any atom is -0.507 e. The Morgan fingerprint density at radius 1 is 1.21 bits per heavy atom. The second-order valence-electron chi connectivity index (χ2n) is 5.99. The molecule has 1 heterocycles. The van der Waals surface area contributed by atoms with Crippen LogP contribution in [0.2, 0.25) is 0 Å². The molecular formula is C20H18N2O6S. The Labute approximate surface area is 170 Å². The quantitative estimate of drug-likeness (QED) is 0.641. The Balaban J connectivity index is 1.94. The van der Waals surface area contributed by atoms with Gasteiger partial charge in [0.05, 0.1) is 17.7 Å². The van der Waals surface area contributed by atoms with Crippen molar-refractivity contribution in [3.05, 3.63) is 52.4 Å². The molecule has 1 fully saturated rings. The number of aromatic hydroxyl groups is 2. The van der Waals surface area contributed by atoms with Crippen LogP contribution >= 0.6 is 11.8 Å². The molecular weight excluding hydrogens is 396 g/mol. The monoisotopic (exact) mass is 414 g/mol. The van der Waals surface area contributed by atoms with Crippen LogP contribution in [0.25, 0.3) is 6.08 Å². The third-order valence-electron chi connectivity index (χ3n) is 4.14. The largest absolute Gasteiger partial charge is 0.507 e. The number of aliphatic imine (C=N–C) groups is 1. The fourth-order valence-electron chi connectivity index (χ4n) is 2.69. The van der Waals surface area contributed by atoms with Gasteiger partial charge >= 0.3 is 5.97 Å². The zero-order chi connectivity index (χ0) is 21.1. The lowest BCUT2D eigenvalue weighted by molar-refractivity contribution is -0.122. The SMILES string of the molecule is CCN1C(=O)/C(=C/c2ccc(O)c(OC)c2)SC1=Nc1ccc(C(=O)O)c(O)c1. The molecule has 9 heteroatoms. The van der Waals surface area contributed by atoms with Gasteiger partial charge in [-0.1, -0.05) is 6.07 Å². The number of phenols is 2. The summed E-state index contributed by atoms with van der Waals surface area (Å²) >= 11 is 1.16. The molecule has 0 unspecified atom stereocenters. The highest BCUT2D eigenvalue weighted by molar-refractivity contribution is 8.18. The third kappa shape index (κ3) is 4.19. The molecule has 1 aliphatic rings. The minimum absolute atomic E-state index is 0.00195. The van der Waals surface area contributed by atoms with E-state index in [1.165, 1.54) is 36.3 Å². The van der Waals surface area contributed by atoms with E-state index >= 15 is 0 Å². The smallest absolute Gasteiger partial charge is 0.339 e. The highest BCUT2D eigenvalue weighted by Gasteiger charge is 2.32. The number of likely N-dealkylation sites (N-methyl/N-ethyl adjacent to an activating group) is 1. The second kappa shape index (κ2) is 8.27. The number of rotatable bonds is 5. The van der Waals surface area contributed by atoms with Gasteiger partial charge in [0.15, 0.2) is 16.7 Å². The zero-order valence-corrected chi connectivity index (χ0v) is 16.4. The number of carbonyl (C=O) groups excluding carboxylic acids is 1. The van der Waals surface area contributed by atoms with Gasteiger partial charge in [0, 0.05) is 12.6 Å². The van der Waals surface area contributed by atoms with Gasteiger partial charge in [-0.25, -0.2) is 9.79 Å². The number of hydrogen-bond donors (Lipinski definition) is 3. The number of ether oxygens (including phenoxy) is 1. The van der Waals surface area contributed by atoms with E-state index in [-0.39, 0.29) is 17.2 Å². The first-order chi connectivity index (χ1) is 13.8. The van der Waals surface area contributed by atoms with Gasteiger partial charge in [-0.15, -0.1) is 0 Å². The predicted octanol–water partition coefficient (Wildman–Crippen LogP) is 3.43. The van der Waals surface area contributed by atoms with Crippen LogP contribution < -0.4 is 4.74 Å². The van der Waals surface area contributed by atoms with Crippen molar-refractivity contribution >= 4 is 40.6 Å². The summed E-state index contributed by atoms with van der Waals surface area (Å²) in [6.45, 7) is 2.20. The van der Waals surface area contributed by atoms with Gasteiger partial charge in [0.25, 0.3) is 5.91 Å². The molecule has 0 atom stereocenters. The Hall–Kier alpha value is -3.46. The van der Waals surface area contributed by atoms with Crippen LogP contribution in [-0.4, -0.2) is 50.9 Å². The van der Waals surface area contributed by atoms with E-state index in [0.717, 1.165) is 11.8 Å². The van der Waals surface area contributed by atoms with Crippen molar-refractivity contribution in [1.82, 2.24) is 4.90 Å². The molecule has 29 heavy (non-hydrogen) atoms. The lowest BCUT2D eigenvalue weighted by Gasteiger charge is -2.12. The highest BCUT2D eigenvalue weighted by atomic mass is 32.2. The van der Waals surface area contributed by atoms with E-state index in [0.29, 0.717) is 33.6 Å². The summed E-state index contributed by atoms with van der Waals surface area (Å²) < 4.78 is 5.09. The predicted molar refractivity (Wildman–Crippen MR) is 110 cm³/mol. The maximum absolute atomic E-state index is 12.7. The molecule has 0 aromatic heterocycles. The summed E-state index contributed by atoms with van der Waals surface area (Å²) in [4.78, 5) is 30.0. The maximum Gasteiger partial charge on any atom is 0.339 e. The highest BCUT2D eigenvalue weighted by Crippen LogP contribution is 2.36. The molecule has 0 spiro atoms. The van der Waals surface area contributed by atoms with Gasteiger partial charge in [-0.2, -0.15) is 0 Å². The number of hydrogen-bond acceptors (Lipinski definition) is 7. The van der Waals surface area contributed by atoms with Crippen LogP contribution in [0.4, 0.5) is 5.69 Å². The molecule has 0 bridgehead atoms. The molecule has 3 rings (SSSR count). The second-order valence-corrected chi connectivity index (χ2v) is 7.00. The first-order valence-corrected chi connectivity index (χ1v) is 9.39. The Bertz CT molecular complexity index is 1050. The summed E-state index contributed by atoms with van der Waals surface area (Å²) in [6, 6.07) is 8.71. The van der Waals surface area contributed by atoms with Crippen molar-refractivity contribution in [1.29, 1.82) is 0 Å². The first kappa shape index (κ1) is 20.3. The van der Waals surface area contributed by atoms with Crippen LogP contribution in [0, 0.1) is 0 Å². The molecule has 150 valence electrons. The number of thioether (sulfide) groups is 1. The molecule has 1 saturated heterocycles. The van der Waals surface area contributed by atoms with Gasteiger partial charge in [0.1, 0.15) is 11.3 Å². The fraction of sp³-hybridized carbons (Fsp3) is 0.150. The first-order valence-electron chi connectivity index (χ1n) is 8.57. The normalized spacial score (nSPS) is 16.6. The maximum atomic E-state index is 12.7. The number of amides is 1. The van der Waals surface area contributed by atoms with Crippen molar-refractivity contribution in [2.75, 3.05) is 13.7 Å². The van der Waals surface area contributed by atoms with Gasteiger partial charge < -0.3 is 20.1 Å². The number of carbonyl (C=O) groups is 2. The minimum atomic E-state index is -1.24. The van der Waals surface area contributed by atoms with E-state index in [1.54, 1.807) is 18.2 Å². The number of carboxylic acids is 1. The summed E-state index contributed by atoms with van der Waals surface area (Å²) in [5, 5.41) is 29.0. The van der Waals surface area contributed by atoms with Gasteiger partial charge in [-0.3, -0.25) is 9.69 Å². The van der Waals surface area contributed by atoms with Crippen LogP contribution in [-0.2, 0) is 4.79 Å². The number of aromatic carboxylic acids is 1. The zero-order valence-electron chi connectivity index (χ0n) is 15.6. The number of amidine groups is 1. The Morgan fingerprint density at radius 3 is 2.59 bits per heavy atom. The Kier molecular flexibility index (Phi) is 5.79. The summed E-state index contributed by atoms with van der Waals surface area (Å²) in [5.41, 5.74) is 0.781. The molecule has 0 radical (unpaired) electrons. The lowest BCUT2D eigenvalue weighted by Crippen LogP contribution is -2.28. The van der Waals surface area contributed by atoms with Crippen LogP contribution in [0.1, 0.15) is 22.8 Å². The van der Waals surface area contributed by atoms with Crippen LogP contribution in [0.15, 0.2) is 46.3 Å². The molecule has 8 nitrogen and oxygen atoms in total. The standard InChI is InChI=1S/C20H18N2O6S/c1-3-22-18(25)17(9-11-4-7-14(23)16(8-11)28-2)29-20(22)21-12-5-6-13(19(26)27)15(24)10-12/h4-10,23-24H,3H2,1-2H3,(H,26,27)/b17-9-,21-20?. The molecule has 1 aliphatic heterocycles. The Morgan fingerprint density at radius 2 is 1.97 bits per heavy atom. The van der Waals surface area contributed by atoms with E-state index < -0.39 is 11.7 Å². The molecule has 3 N–H and O–H groups in total. The number of nitrogens with zero attached hydrogens (tertiary/aromatic N) is 2. The number of methoxy groups -OCH3 is 1. The van der Waals surface area contributed by atoms with E-state index in [4.69, 9.17) is 9.84 Å². The average Bonchev–Trinajstić information content (AvgIpc) is 2.97. The van der Waals surface area contributed by atoms with Crippen molar-refractivity contribution in [3.8, 4) is 17.2 Å². The van der Waals surface area contributed by atoms with Gasteiger partial charge in [-0.05, 0) is 54.6 Å². The summed E-state index contributed by atoms with van der Waals surface area (Å²) in [7, 11) is 1.44. The van der Waals surface area contributed by atoms with E-state index in [2.05, 4.69) is 4.99 Å². The van der Waals surface area contributed by atoms with Crippen molar-refractivity contribution in [2.24, 2.45) is 4.99 Å². The third-order valence-corrected chi connectivity index (χ3v) is 5.15.